The predicted octanol–water partition coefficient (Wildman–Crippen LogP) is 3.28. The summed E-state index contributed by atoms with van der Waals surface area (Å²) in [6, 6.07) is 15.0. The average Bonchev–Trinajstić information content (AvgIpc) is 2.68. The molecule has 3 aromatic rings. The summed E-state index contributed by atoms with van der Waals surface area (Å²) >= 11 is 0. The fourth-order valence-electron chi connectivity index (χ4n) is 2.68. The van der Waals surface area contributed by atoms with Crippen molar-refractivity contribution >= 4 is 21.8 Å². The number of hydrogen-bond acceptors (Lipinski definition) is 1. The molecule has 1 aliphatic heterocycles. The number of para-hydroxylation sites is 2. The monoisotopic (exact) mass is 209 g/mol. The third-order valence-electron chi connectivity index (χ3n) is 3.35. The first kappa shape index (κ1) is 8.36. The van der Waals surface area contributed by atoms with E-state index in [1.165, 1.54) is 27.4 Å². The van der Waals surface area contributed by atoms with Crippen molar-refractivity contribution in [1.29, 1.82) is 0 Å². The van der Waals surface area contributed by atoms with Crippen LogP contribution in [-0.2, 0) is 18.1 Å². The fourth-order valence-corrected chi connectivity index (χ4v) is 2.68. The van der Waals surface area contributed by atoms with Crippen molar-refractivity contribution in [3.8, 4) is 0 Å². The summed E-state index contributed by atoms with van der Waals surface area (Å²) in [6.45, 7) is 1.40. The minimum absolute atomic E-state index is 0.668. The quantitative estimate of drug-likeness (QED) is 0.554. The van der Waals surface area contributed by atoms with Gasteiger partial charge in [0.1, 0.15) is 6.73 Å². The molecule has 16 heavy (non-hydrogen) atoms. The first-order valence-corrected chi connectivity index (χ1v) is 5.52. The zero-order valence-corrected chi connectivity index (χ0v) is 8.81. The summed E-state index contributed by atoms with van der Waals surface area (Å²) in [4.78, 5) is 0. The van der Waals surface area contributed by atoms with E-state index in [2.05, 4.69) is 47.0 Å². The molecule has 0 fully saturated rings. The SMILES string of the molecule is c1ccc2c(c1)c1cccc3c1n2COC3. The molecule has 2 heterocycles. The molecule has 0 unspecified atom stereocenters. The molecule has 1 aliphatic rings. The minimum Gasteiger partial charge on any atom is -0.356 e. The maximum Gasteiger partial charge on any atom is 0.123 e. The lowest BCUT2D eigenvalue weighted by atomic mass is 10.1. The van der Waals surface area contributed by atoms with E-state index in [1.807, 2.05) is 0 Å². The van der Waals surface area contributed by atoms with E-state index in [1.54, 1.807) is 0 Å². The van der Waals surface area contributed by atoms with Gasteiger partial charge in [0.2, 0.25) is 0 Å². The van der Waals surface area contributed by atoms with Crippen LogP contribution in [0.2, 0.25) is 0 Å². The van der Waals surface area contributed by atoms with Crippen LogP contribution in [0.25, 0.3) is 21.8 Å². The van der Waals surface area contributed by atoms with E-state index in [4.69, 9.17) is 4.74 Å². The largest absolute Gasteiger partial charge is 0.356 e. The van der Waals surface area contributed by atoms with Crippen LogP contribution in [-0.4, -0.2) is 4.57 Å². The Morgan fingerprint density at radius 2 is 1.81 bits per heavy atom. The highest BCUT2D eigenvalue weighted by molar-refractivity contribution is 6.09. The lowest BCUT2D eigenvalue weighted by molar-refractivity contribution is 0.0608. The van der Waals surface area contributed by atoms with Gasteiger partial charge in [0, 0.05) is 16.3 Å². The molecule has 4 rings (SSSR count). The van der Waals surface area contributed by atoms with E-state index >= 15 is 0 Å². The molecular formula is C14H11NO. The summed E-state index contributed by atoms with van der Waals surface area (Å²) in [6.07, 6.45) is 0. The van der Waals surface area contributed by atoms with E-state index in [0.29, 0.717) is 6.73 Å². The van der Waals surface area contributed by atoms with Crippen LogP contribution in [0.3, 0.4) is 0 Å². The molecule has 78 valence electrons. The van der Waals surface area contributed by atoms with Crippen molar-refractivity contribution in [2.75, 3.05) is 0 Å². The maximum atomic E-state index is 5.62. The number of ether oxygens (including phenoxy) is 1. The molecule has 0 spiro atoms. The molecule has 0 bridgehead atoms. The highest BCUT2D eigenvalue weighted by atomic mass is 16.5. The van der Waals surface area contributed by atoms with Gasteiger partial charge in [-0.3, -0.25) is 0 Å². The smallest absolute Gasteiger partial charge is 0.123 e. The molecule has 2 aromatic carbocycles. The number of aromatic nitrogens is 1. The van der Waals surface area contributed by atoms with Crippen LogP contribution in [0.4, 0.5) is 0 Å². The Kier molecular flexibility index (Phi) is 1.50. The summed E-state index contributed by atoms with van der Waals surface area (Å²) in [5, 5.41) is 2.67. The summed E-state index contributed by atoms with van der Waals surface area (Å²) < 4.78 is 7.88. The van der Waals surface area contributed by atoms with Gasteiger partial charge in [-0.1, -0.05) is 36.4 Å². The van der Waals surface area contributed by atoms with Crippen LogP contribution >= 0.6 is 0 Å². The summed E-state index contributed by atoms with van der Waals surface area (Å²) in [5.41, 5.74) is 3.90. The molecule has 0 aliphatic carbocycles. The van der Waals surface area contributed by atoms with Gasteiger partial charge in [-0.15, -0.1) is 0 Å². The topological polar surface area (TPSA) is 14.2 Å². The zero-order valence-electron chi connectivity index (χ0n) is 8.81. The third kappa shape index (κ3) is 0.902. The maximum absolute atomic E-state index is 5.62. The lowest BCUT2D eigenvalue weighted by Gasteiger charge is -2.16. The molecule has 0 N–H and O–H groups in total. The van der Waals surface area contributed by atoms with Gasteiger partial charge >= 0.3 is 0 Å². The van der Waals surface area contributed by atoms with Gasteiger partial charge in [0.25, 0.3) is 0 Å². The molecule has 1 aromatic heterocycles. The number of fused-ring (bicyclic) bond motifs is 3. The second kappa shape index (κ2) is 2.86. The lowest BCUT2D eigenvalue weighted by Crippen LogP contribution is -2.09. The Morgan fingerprint density at radius 1 is 0.938 bits per heavy atom. The Bertz CT molecular complexity index is 696. The van der Waals surface area contributed by atoms with Crippen molar-refractivity contribution in [3.63, 3.8) is 0 Å². The Balaban J connectivity index is 2.36. The highest BCUT2D eigenvalue weighted by Gasteiger charge is 2.16. The highest BCUT2D eigenvalue weighted by Crippen LogP contribution is 2.33. The van der Waals surface area contributed by atoms with Crippen molar-refractivity contribution in [2.24, 2.45) is 0 Å². The van der Waals surface area contributed by atoms with Crippen molar-refractivity contribution in [3.05, 3.63) is 48.0 Å². The molecule has 0 radical (unpaired) electrons. The molecule has 0 amide bonds. The Labute approximate surface area is 93.1 Å². The third-order valence-corrected chi connectivity index (χ3v) is 3.35. The van der Waals surface area contributed by atoms with Crippen LogP contribution in [0.1, 0.15) is 5.56 Å². The fraction of sp³-hybridized carbons (Fsp3) is 0.143. The van der Waals surface area contributed by atoms with Crippen LogP contribution in [0, 0.1) is 0 Å². The van der Waals surface area contributed by atoms with E-state index < -0.39 is 0 Å². The van der Waals surface area contributed by atoms with E-state index in [9.17, 15) is 0 Å². The molecule has 2 heteroatoms. The van der Waals surface area contributed by atoms with Crippen molar-refractivity contribution in [2.45, 2.75) is 13.3 Å². The van der Waals surface area contributed by atoms with Gasteiger partial charge in [0.15, 0.2) is 0 Å². The molecule has 0 atom stereocenters. The number of nitrogens with zero attached hydrogens (tertiary/aromatic N) is 1. The van der Waals surface area contributed by atoms with Crippen LogP contribution < -0.4 is 0 Å². The number of benzene rings is 2. The van der Waals surface area contributed by atoms with Gasteiger partial charge < -0.3 is 9.30 Å². The zero-order chi connectivity index (χ0) is 10.5. The van der Waals surface area contributed by atoms with E-state index in [-0.39, 0.29) is 0 Å². The van der Waals surface area contributed by atoms with Gasteiger partial charge in [-0.25, -0.2) is 0 Å². The first-order valence-electron chi connectivity index (χ1n) is 5.52. The summed E-state index contributed by atoms with van der Waals surface area (Å²) in [5.74, 6) is 0. The molecule has 2 nitrogen and oxygen atoms in total. The van der Waals surface area contributed by atoms with Gasteiger partial charge in [-0.05, 0) is 6.07 Å². The predicted molar refractivity (Wildman–Crippen MR) is 64.2 cm³/mol. The number of rotatable bonds is 0. The van der Waals surface area contributed by atoms with Gasteiger partial charge in [0.05, 0.1) is 17.6 Å². The average molecular weight is 209 g/mol. The van der Waals surface area contributed by atoms with Crippen molar-refractivity contribution < 1.29 is 4.74 Å². The molecule has 0 saturated heterocycles. The first-order chi connectivity index (χ1) is 7.95. The van der Waals surface area contributed by atoms with E-state index in [0.717, 1.165) is 6.61 Å². The second-order valence-electron chi connectivity index (χ2n) is 4.24. The number of hydrogen-bond donors (Lipinski definition) is 0. The van der Waals surface area contributed by atoms with Crippen LogP contribution in [0.5, 0.6) is 0 Å². The second-order valence-corrected chi connectivity index (χ2v) is 4.24. The van der Waals surface area contributed by atoms with Crippen molar-refractivity contribution in [1.82, 2.24) is 4.57 Å². The Morgan fingerprint density at radius 3 is 2.81 bits per heavy atom. The summed E-state index contributed by atoms with van der Waals surface area (Å²) in [7, 11) is 0. The van der Waals surface area contributed by atoms with Gasteiger partial charge in [-0.2, -0.15) is 0 Å². The minimum atomic E-state index is 0.668. The normalized spacial score (nSPS) is 14.8. The standard InChI is InChI=1S/C14H11NO/c1-2-7-13-11(5-1)12-6-3-4-10-8-16-9-15(13)14(10)12/h1-7H,8-9H2. The molecule has 0 saturated carbocycles. The van der Waals surface area contributed by atoms with Crippen LogP contribution in [0.15, 0.2) is 42.5 Å². The Hall–Kier alpha value is -1.80. The molecular weight excluding hydrogens is 198 g/mol.